The van der Waals surface area contributed by atoms with Gasteiger partial charge in [-0.3, -0.25) is 0 Å². The number of rotatable bonds is 2. The molecule has 0 saturated carbocycles. The van der Waals surface area contributed by atoms with Crippen molar-refractivity contribution in [3.8, 4) is 5.75 Å². The van der Waals surface area contributed by atoms with Crippen LogP contribution in [0.4, 0.5) is 4.39 Å². The highest BCUT2D eigenvalue weighted by molar-refractivity contribution is 7.89. The molecule has 1 aliphatic heterocycles. The minimum atomic E-state index is -3.70. The third-order valence-electron chi connectivity index (χ3n) is 2.53. The molecule has 1 fully saturated rings. The maximum Gasteiger partial charge on any atom is 0.243 e. The summed E-state index contributed by atoms with van der Waals surface area (Å²) < 4.78 is 43.6. The molecule has 0 atom stereocenters. The molecule has 2 rings (SSSR count). The highest BCUT2D eigenvalue weighted by Gasteiger charge is 2.26. The highest BCUT2D eigenvalue weighted by atomic mass is 32.2. The van der Waals surface area contributed by atoms with E-state index in [1.807, 2.05) is 0 Å². The Balaban J connectivity index is 2.33. The van der Waals surface area contributed by atoms with Crippen LogP contribution >= 0.6 is 0 Å². The van der Waals surface area contributed by atoms with Crippen molar-refractivity contribution in [3.05, 3.63) is 24.0 Å². The lowest BCUT2D eigenvalue weighted by Crippen LogP contribution is -2.40. The Morgan fingerprint density at radius 3 is 2.53 bits per heavy atom. The van der Waals surface area contributed by atoms with Crippen molar-refractivity contribution in [2.75, 3.05) is 26.3 Å². The van der Waals surface area contributed by atoms with Crippen LogP contribution < -0.4 is 0 Å². The molecular weight excluding hydrogens is 249 g/mol. The maximum atomic E-state index is 13.1. The van der Waals surface area contributed by atoms with Gasteiger partial charge in [0.15, 0.2) is 11.6 Å². The normalized spacial score (nSPS) is 18.2. The first-order valence-electron chi connectivity index (χ1n) is 5.08. The highest BCUT2D eigenvalue weighted by Crippen LogP contribution is 2.22. The van der Waals surface area contributed by atoms with Crippen LogP contribution in [0.25, 0.3) is 0 Å². The van der Waals surface area contributed by atoms with E-state index in [0.717, 1.165) is 12.1 Å². The third kappa shape index (κ3) is 2.41. The van der Waals surface area contributed by atoms with Crippen molar-refractivity contribution in [1.29, 1.82) is 0 Å². The number of ether oxygens (including phenoxy) is 1. The maximum absolute atomic E-state index is 13.1. The SMILES string of the molecule is O=S(=O)(c1ccc(O)c(F)c1)N1CCOCC1. The molecule has 0 unspecified atom stereocenters. The van der Waals surface area contributed by atoms with Gasteiger partial charge in [0, 0.05) is 13.1 Å². The number of phenols is 1. The number of sulfonamides is 1. The first kappa shape index (κ1) is 12.3. The van der Waals surface area contributed by atoms with Crippen LogP contribution in [0.15, 0.2) is 23.1 Å². The number of nitrogens with zero attached hydrogens (tertiary/aromatic N) is 1. The Kier molecular flexibility index (Phi) is 3.32. The lowest BCUT2D eigenvalue weighted by molar-refractivity contribution is 0.0730. The van der Waals surface area contributed by atoms with Gasteiger partial charge in [0.2, 0.25) is 10.0 Å². The number of halogens is 1. The zero-order valence-electron chi connectivity index (χ0n) is 8.97. The monoisotopic (exact) mass is 261 g/mol. The van der Waals surface area contributed by atoms with Gasteiger partial charge in [0.25, 0.3) is 0 Å². The summed E-state index contributed by atoms with van der Waals surface area (Å²) in [6.45, 7) is 1.18. The Morgan fingerprint density at radius 2 is 1.94 bits per heavy atom. The molecule has 1 saturated heterocycles. The van der Waals surface area contributed by atoms with Crippen LogP contribution in [0, 0.1) is 5.82 Å². The topological polar surface area (TPSA) is 66.8 Å². The number of hydrogen-bond donors (Lipinski definition) is 1. The summed E-state index contributed by atoms with van der Waals surface area (Å²) in [6, 6.07) is 3.03. The molecule has 0 radical (unpaired) electrons. The van der Waals surface area contributed by atoms with E-state index in [-0.39, 0.29) is 18.0 Å². The zero-order chi connectivity index (χ0) is 12.5. The number of hydrogen-bond acceptors (Lipinski definition) is 4. The summed E-state index contributed by atoms with van der Waals surface area (Å²) in [6.07, 6.45) is 0. The van der Waals surface area contributed by atoms with Gasteiger partial charge in [0.1, 0.15) is 0 Å². The Morgan fingerprint density at radius 1 is 1.29 bits per heavy atom. The van der Waals surface area contributed by atoms with Crippen LogP contribution in [-0.4, -0.2) is 44.1 Å². The molecule has 94 valence electrons. The van der Waals surface area contributed by atoms with Crippen molar-refractivity contribution < 1.29 is 22.7 Å². The summed E-state index contributed by atoms with van der Waals surface area (Å²) in [5.74, 6) is -1.51. The lowest BCUT2D eigenvalue weighted by Gasteiger charge is -2.26. The van der Waals surface area contributed by atoms with Gasteiger partial charge in [-0.05, 0) is 18.2 Å². The standard InChI is InChI=1S/C10H12FNO4S/c11-9-7-8(1-2-10(9)13)17(14,15)12-3-5-16-6-4-12/h1-2,7,13H,3-6H2. The van der Waals surface area contributed by atoms with E-state index in [0.29, 0.717) is 13.2 Å². The summed E-state index contributed by atoms with van der Waals surface area (Å²) in [5.41, 5.74) is 0. The van der Waals surface area contributed by atoms with Crippen LogP contribution in [0.2, 0.25) is 0 Å². The molecule has 5 nitrogen and oxygen atoms in total. The smallest absolute Gasteiger partial charge is 0.243 e. The summed E-state index contributed by atoms with van der Waals surface area (Å²) in [4.78, 5) is -0.158. The van der Waals surface area contributed by atoms with E-state index in [2.05, 4.69) is 0 Å². The predicted octanol–water partition coefficient (Wildman–Crippen LogP) is 0.552. The largest absolute Gasteiger partial charge is 0.505 e. The Hall–Kier alpha value is -1.18. The molecule has 17 heavy (non-hydrogen) atoms. The van der Waals surface area contributed by atoms with E-state index in [9.17, 15) is 12.8 Å². The molecule has 1 aromatic carbocycles. The van der Waals surface area contributed by atoms with E-state index < -0.39 is 21.6 Å². The molecule has 1 heterocycles. The Bertz CT molecular complexity index is 511. The van der Waals surface area contributed by atoms with Crippen molar-refractivity contribution in [1.82, 2.24) is 4.31 Å². The summed E-state index contributed by atoms with van der Waals surface area (Å²) in [7, 11) is -3.70. The molecule has 0 aromatic heterocycles. The molecule has 1 aliphatic rings. The van der Waals surface area contributed by atoms with Crippen molar-refractivity contribution in [2.24, 2.45) is 0 Å². The second kappa shape index (κ2) is 4.59. The summed E-state index contributed by atoms with van der Waals surface area (Å²) >= 11 is 0. The minimum absolute atomic E-state index is 0.158. The van der Waals surface area contributed by atoms with Gasteiger partial charge < -0.3 is 9.84 Å². The third-order valence-corrected chi connectivity index (χ3v) is 4.42. The van der Waals surface area contributed by atoms with Crippen molar-refractivity contribution in [3.63, 3.8) is 0 Å². The van der Waals surface area contributed by atoms with Gasteiger partial charge in [-0.2, -0.15) is 4.31 Å². The quantitative estimate of drug-likeness (QED) is 0.844. The number of morpholine rings is 1. The van der Waals surface area contributed by atoms with Crippen molar-refractivity contribution in [2.45, 2.75) is 4.90 Å². The number of phenolic OH excluding ortho intramolecular Hbond substituents is 1. The lowest BCUT2D eigenvalue weighted by atomic mass is 10.3. The fourth-order valence-electron chi connectivity index (χ4n) is 1.58. The molecule has 1 N–H and O–H groups in total. The van der Waals surface area contributed by atoms with E-state index >= 15 is 0 Å². The van der Waals surface area contributed by atoms with Gasteiger partial charge >= 0.3 is 0 Å². The van der Waals surface area contributed by atoms with Crippen molar-refractivity contribution >= 4 is 10.0 Å². The van der Waals surface area contributed by atoms with Crippen LogP contribution in [0.1, 0.15) is 0 Å². The molecule has 0 spiro atoms. The first-order valence-corrected chi connectivity index (χ1v) is 6.52. The van der Waals surface area contributed by atoms with Crippen LogP contribution in [-0.2, 0) is 14.8 Å². The first-order chi connectivity index (χ1) is 8.01. The van der Waals surface area contributed by atoms with E-state index in [1.54, 1.807) is 0 Å². The molecule has 0 bridgehead atoms. The fourth-order valence-corrected chi connectivity index (χ4v) is 3.00. The Labute approximate surface area is 98.5 Å². The number of benzene rings is 1. The molecule has 0 amide bonds. The van der Waals surface area contributed by atoms with Gasteiger partial charge in [-0.1, -0.05) is 0 Å². The molecule has 7 heteroatoms. The van der Waals surface area contributed by atoms with Gasteiger partial charge in [-0.25, -0.2) is 12.8 Å². The molecule has 0 aliphatic carbocycles. The molecular formula is C10H12FNO4S. The van der Waals surface area contributed by atoms with Crippen LogP contribution in [0.5, 0.6) is 5.75 Å². The van der Waals surface area contributed by atoms with E-state index in [4.69, 9.17) is 9.84 Å². The number of aromatic hydroxyl groups is 1. The van der Waals surface area contributed by atoms with Gasteiger partial charge in [-0.15, -0.1) is 0 Å². The minimum Gasteiger partial charge on any atom is -0.505 e. The zero-order valence-corrected chi connectivity index (χ0v) is 9.78. The second-order valence-electron chi connectivity index (χ2n) is 3.63. The average Bonchev–Trinajstić information content (AvgIpc) is 2.33. The summed E-state index contributed by atoms with van der Waals surface area (Å²) in [5, 5.41) is 9.02. The average molecular weight is 261 g/mol. The predicted molar refractivity (Wildman–Crippen MR) is 57.6 cm³/mol. The van der Waals surface area contributed by atoms with Gasteiger partial charge in [0.05, 0.1) is 18.1 Å². The molecule has 1 aromatic rings. The fraction of sp³-hybridized carbons (Fsp3) is 0.400. The van der Waals surface area contributed by atoms with Crippen LogP contribution in [0.3, 0.4) is 0 Å². The van der Waals surface area contributed by atoms with E-state index in [1.165, 1.54) is 10.4 Å². The second-order valence-corrected chi connectivity index (χ2v) is 5.57.